The first-order valence-electron chi connectivity index (χ1n) is 15.9. The Balaban J connectivity index is 1.25. The van der Waals surface area contributed by atoms with E-state index in [-0.39, 0.29) is 42.1 Å². The molecule has 0 fully saturated rings. The predicted molar refractivity (Wildman–Crippen MR) is 188 cm³/mol. The third kappa shape index (κ3) is 8.94. The number of carboxylic acid groups (broad SMARTS) is 2. The molecule has 1 aliphatic carbocycles. The molecular formula is C38H37N3O7S. The maximum absolute atomic E-state index is 13.8. The van der Waals surface area contributed by atoms with Gasteiger partial charge in [-0.15, -0.1) is 0 Å². The fourth-order valence-corrected chi connectivity index (χ4v) is 6.80. The van der Waals surface area contributed by atoms with E-state index < -0.39 is 42.3 Å². The Kier molecular flexibility index (Phi) is 11.5. The zero-order chi connectivity index (χ0) is 34.8. The molecule has 0 bridgehead atoms. The number of anilines is 1. The number of aliphatic carboxylic acids is 2. The van der Waals surface area contributed by atoms with Gasteiger partial charge in [0.2, 0.25) is 17.5 Å². The molecule has 0 saturated heterocycles. The van der Waals surface area contributed by atoms with Crippen LogP contribution in [0.3, 0.4) is 0 Å². The highest BCUT2D eigenvalue weighted by atomic mass is 32.2. The zero-order valence-electron chi connectivity index (χ0n) is 26.6. The van der Waals surface area contributed by atoms with Gasteiger partial charge in [0.15, 0.2) is 5.12 Å². The van der Waals surface area contributed by atoms with Gasteiger partial charge in [-0.1, -0.05) is 109 Å². The van der Waals surface area contributed by atoms with Crippen molar-refractivity contribution in [1.82, 2.24) is 10.6 Å². The molecule has 0 spiro atoms. The molecule has 5 rings (SSSR count). The van der Waals surface area contributed by atoms with E-state index in [2.05, 4.69) is 16.0 Å². The number of para-hydroxylation sites is 1. The van der Waals surface area contributed by atoms with Crippen molar-refractivity contribution in [3.05, 3.63) is 126 Å². The van der Waals surface area contributed by atoms with Crippen molar-refractivity contribution in [1.29, 1.82) is 0 Å². The van der Waals surface area contributed by atoms with Gasteiger partial charge in [-0.2, -0.15) is 0 Å². The summed E-state index contributed by atoms with van der Waals surface area (Å²) < 4.78 is 0. The van der Waals surface area contributed by atoms with Gasteiger partial charge in [0.25, 0.3) is 0 Å². The van der Waals surface area contributed by atoms with Gasteiger partial charge >= 0.3 is 11.9 Å². The van der Waals surface area contributed by atoms with Gasteiger partial charge < -0.3 is 26.2 Å². The second kappa shape index (κ2) is 16.1. The SMILES string of the molecule is O=C(O)CC[C@@](NC(=O)C(CSC(=O)CCC(=O)NC1c2ccccc2-c2ccccc21)Cc1ccccc1)(Nc1ccccc1)C(=O)O. The van der Waals surface area contributed by atoms with Crippen LogP contribution < -0.4 is 16.0 Å². The molecular weight excluding hydrogens is 642 g/mol. The van der Waals surface area contributed by atoms with E-state index in [0.29, 0.717) is 5.69 Å². The number of thioether (sulfide) groups is 1. The molecule has 1 unspecified atom stereocenters. The summed E-state index contributed by atoms with van der Waals surface area (Å²) in [5, 5.41) is 27.9. The molecule has 4 aromatic carbocycles. The van der Waals surface area contributed by atoms with Gasteiger partial charge in [-0.3, -0.25) is 19.2 Å². The molecule has 5 N–H and O–H groups in total. The number of nitrogens with one attached hydrogen (secondary N) is 3. The number of amides is 2. The molecule has 0 heterocycles. The summed E-state index contributed by atoms with van der Waals surface area (Å²) in [6.07, 6.45) is -0.857. The van der Waals surface area contributed by atoms with Gasteiger partial charge in [0, 0.05) is 37.1 Å². The summed E-state index contributed by atoms with van der Waals surface area (Å²) in [5.74, 6) is -4.44. The van der Waals surface area contributed by atoms with Crippen LogP contribution >= 0.6 is 11.8 Å². The van der Waals surface area contributed by atoms with Gasteiger partial charge in [0.05, 0.1) is 12.0 Å². The first-order valence-corrected chi connectivity index (χ1v) is 16.9. The molecule has 10 nitrogen and oxygen atoms in total. The van der Waals surface area contributed by atoms with Crippen molar-refractivity contribution in [2.24, 2.45) is 5.92 Å². The van der Waals surface area contributed by atoms with E-state index in [1.807, 2.05) is 78.9 Å². The van der Waals surface area contributed by atoms with Crippen LogP contribution in [-0.4, -0.2) is 50.5 Å². The standard InChI is InChI=1S/C38H37N3O7S/c42-32(39-35-30-17-9-7-15-28(30)29-16-8-10-18-31(29)35)19-20-34(45)49-24-26(23-25-11-3-1-4-12-25)36(46)41-38(37(47)48,22-21-33(43)44)40-27-13-5-2-6-14-27/h1-18,26,35,40H,19-24H2,(H,39,42)(H,41,46)(H,43,44)(H,47,48)/t26?,38-/m0/s1. The molecule has 0 aromatic heterocycles. The highest BCUT2D eigenvalue weighted by Gasteiger charge is 2.42. The third-order valence-corrected chi connectivity index (χ3v) is 9.48. The number of carbonyl (C=O) groups is 5. The Hall–Kier alpha value is -5.42. The maximum atomic E-state index is 13.8. The van der Waals surface area contributed by atoms with Crippen molar-refractivity contribution in [2.45, 2.75) is 43.8 Å². The van der Waals surface area contributed by atoms with E-state index >= 15 is 0 Å². The highest BCUT2D eigenvalue weighted by Crippen LogP contribution is 2.43. The molecule has 0 radical (unpaired) electrons. The summed E-state index contributed by atoms with van der Waals surface area (Å²) in [6.45, 7) is 0. The lowest BCUT2D eigenvalue weighted by Gasteiger charge is -2.33. The van der Waals surface area contributed by atoms with Crippen LogP contribution in [0.4, 0.5) is 5.69 Å². The molecule has 252 valence electrons. The third-order valence-electron chi connectivity index (χ3n) is 8.38. The first-order chi connectivity index (χ1) is 23.6. The number of hydrogen-bond donors (Lipinski definition) is 5. The Labute approximate surface area is 288 Å². The van der Waals surface area contributed by atoms with Crippen molar-refractivity contribution >= 4 is 46.3 Å². The summed E-state index contributed by atoms with van der Waals surface area (Å²) in [6, 6.07) is 32.9. The normalized spacial score (nSPS) is 13.6. The molecule has 4 aromatic rings. The Morgan fingerprint density at radius 2 is 1.29 bits per heavy atom. The molecule has 49 heavy (non-hydrogen) atoms. The molecule has 1 aliphatic rings. The number of hydrogen-bond acceptors (Lipinski definition) is 7. The fraction of sp³-hybridized carbons (Fsp3) is 0.237. The van der Waals surface area contributed by atoms with Crippen LogP contribution in [0.15, 0.2) is 109 Å². The van der Waals surface area contributed by atoms with Crippen LogP contribution in [0, 0.1) is 5.92 Å². The number of fused-ring (bicyclic) bond motifs is 3. The zero-order valence-corrected chi connectivity index (χ0v) is 27.5. The second-order valence-electron chi connectivity index (χ2n) is 11.8. The molecule has 11 heteroatoms. The minimum absolute atomic E-state index is 0.0184. The van der Waals surface area contributed by atoms with E-state index in [0.717, 1.165) is 39.6 Å². The monoisotopic (exact) mass is 679 g/mol. The lowest BCUT2D eigenvalue weighted by atomic mass is 9.97. The van der Waals surface area contributed by atoms with Crippen molar-refractivity contribution in [2.75, 3.05) is 11.1 Å². The lowest BCUT2D eigenvalue weighted by molar-refractivity contribution is -0.148. The summed E-state index contributed by atoms with van der Waals surface area (Å²) in [7, 11) is 0. The van der Waals surface area contributed by atoms with E-state index in [9.17, 15) is 34.2 Å². The number of rotatable bonds is 16. The molecule has 0 saturated carbocycles. The van der Waals surface area contributed by atoms with E-state index in [1.54, 1.807) is 30.3 Å². The summed E-state index contributed by atoms with van der Waals surface area (Å²) in [4.78, 5) is 64.1. The van der Waals surface area contributed by atoms with Gasteiger partial charge in [-0.25, -0.2) is 4.79 Å². The predicted octanol–water partition coefficient (Wildman–Crippen LogP) is 5.65. The fourth-order valence-electron chi connectivity index (χ4n) is 5.90. The van der Waals surface area contributed by atoms with Crippen LogP contribution in [0.1, 0.15) is 48.4 Å². The Morgan fingerprint density at radius 3 is 1.88 bits per heavy atom. The van der Waals surface area contributed by atoms with Crippen LogP contribution in [0.25, 0.3) is 11.1 Å². The Bertz CT molecular complexity index is 1770. The average Bonchev–Trinajstić information content (AvgIpc) is 3.42. The quantitative estimate of drug-likeness (QED) is 0.0943. The van der Waals surface area contributed by atoms with E-state index in [4.69, 9.17) is 0 Å². The Morgan fingerprint density at radius 1 is 0.714 bits per heavy atom. The van der Waals surface area contributed by atoms with Crippen molar-refractivity contribution in [3.8, 4) is 11.1 Å². The number of benzene rings is 4. The highest BCUT2D eigenvalue weighted by molar-refractivity contribution is 8.13. The summed E-state index contributed by atoms with van der Waals surface area (Å²) >= 11 is 0.909. The summed E-state index contributed by atoms with van der Waals surface area (Å²) in [5.41, 5.74) is 3.16. The smallest absolute Gasteiger partial charge is 0.350 e. The minimum atomic E-state index is -2.13. The number of carboxylic acids is 2. The topological polar surface area (TPSA) is 162 Å². The van der Waals surface area contributed by atoms with Crippen LogP contribution in [0.2, 0.25) is 0 Å². The van der Waals surface area contributed by atoms with Crippen molar-refractivity contribution < 1.29 is 34.2 Å². The van der Waals surface area contributed by atoms with Gasteiger partial charge in [0.1, 0.15) is 0 Å². The maximum Gasteiger partial charge on any atom is 0.350 e. The molecule has 0 aliphatic heterocycles. The van der Waals surface area contributed by atoms with Crippen LogP contribution in [-0.2, 0) is 30.4 Å². The molecule has 2 atom stereocenters. The second-order valence-corrected chi connectivity index (χ2v) is 12.9. The average molecular weight is 680 g/mol. The minimum Gasteiger partial charge on any atom is -0.481 e. The first kappa shape index (κ1) is 34.9. The number of carbonyl (C=O) groups excluding carboxylic acids is 3. The van der Waals surface area contributed by atoms with Crippen LogP contribution in [0.5, 0.6) is 0 Å². The van der Waals surface area contributed by atoms with E-state index in [1.165, 1.54) is 0 Å². The molecule has 2 amide bonds. The van der Waals surface area contributed by atoms with Gasteiger partial charge in [-0.05, 0) is 46.4 Å². The largest absolute Gasteiger partial charge is 0.481 e. The lowest BCUT2D eigenvalue weighted by Crippen LogP contribution is -2.61. The van der Waals surface area contributed by atoms with Crippen molar-refractivity contribution in [3.63, 3.8) is 0 Å².